The van der Waals surface area contributed by atoms with Crippen LogP contribution in [-0.4, -0.2) is 9.13 Å². The lowest BCUT2D eigenvalue weighted by atomic mass is 9.85. The van der Waals surface area contributed by atoms with Crippen molar-refractivity contribution in [3.05, 3.63) is 61.9 Å². The Morgan fingerprint density at radius 1 is 1.19 bits per heavy atom. The highest BCUT2D eigenvalue weighted by molar-refractivity contribution is 6.31. The molecular weight excluding hydrogens is 288 g/mol. The summed E-state index contributed by atoms with van der Waals surface area (Å²) in [5.74, 6) is 0.534. The van der Waals surface area contributed by atoms with Crippen LogP contribution in [0.4, 0.5) is 0 Å². The molecule has 1 aromatic heterocycles. The lowest BCUT2D eigenvalue weighted by Gasteiger charge is -2.25. The van der Waals surface area contributed by atoms with Crippen LogP contribution >= 0.6 is 11.6 Å². The summed E-state index contributed by atoms with van der Waals surface area (Å²) in [5.41, 5.74) is 0.549. The number of benzene rings is 1. The summed E-state index contributed by atoms with van der Waals surface area (Å²) in [5, 5.41) is 0.582. The van der Waals surface area contributed by atoms with Crippen LogP contribution in [0.5, 0.6) is 0 Å². The summed E-state index contributed by atoms with van der Waals surface area (Å²) < 4.78 is 2.88. The Balaban J connectivity index is 2.00. The second-order valence-electron chi connectivity index (χ2n) is 5.66. The summed E-state index contributed by atoms with van der Waals surface area (Å²) >= 11 is 6.08. The summed E-state index contributed by atoms with van der Waals surface area (Å²) in [6.45, 7) is 2.54. The SMILES string of the molecule is Cc1ccc(-n2ccn(CC3CCC3)c(=O)c2=O)cc1Cl. The number of halogens is 1. The van der Waals surface area contributed by atoms with Crippen LogP contribution in [0.2, 0.25) is 5.02 Å². The molecule has 4 nitrogen and oxygen atoms in total. The van der Waals surface area contributed by atoms with Crippen molar-refractivity contribution in [1.29, 1.82) is 0 Å². The zero-order valence-electron chi connectivity index (χ0n) is 11.9. The highest BCUT2D eigenvalue weighted by atomic mass is 35.5. The average Bonchev–Trinajstić information content (AvgIpc) is 2.42. The maximum atomic E-state index is 12.3. The molecule has 110 valence electrons. The molecule has 0 atom stereocenters. The zero-order chi connectivity index (χ0) is 15.0. The molecule has 2 aromatic rings. The third-order valence-electron chi connectivity index (χ3n) is 4.17. The van der Waals surface area contributed by atoms with E-state index in [0.717, 1.165) is 18.4 Å². The molecule has 1 aliphatic rings. The molecular formula is C16H17ClN2O2. The van der Waals surface area contributed by atoms with Gasteiger partial charge in [-0.25, -0.2) is 0 Å². The Bertz CT molecular complexity index is 788. The molecule has 1 aliphatic carbocycles. The minimum atomic E-state index is -0.531. The molecule has 0 saturated heterocycles. The van der Waals surface area contributed by atoms with Crippen LogP contribution in [-0.2, 0) is 6.54 Å². The predicted octanol–water partition coefficient (Wildman–Crippen LogP) is 2.76. The lowest BCUT2D eigenvalue weighted by molar-refractivity contribution is 0.272. The van der Waals surface area contributed by atoms with E-state index in [2.05, 4.69) is 0 Å². The Morgan fingerprint density at radius 3 is 2.57 bits per heavy atom. The molecule has 0 bridgehead atoms. The molecule has 3 rings (SSSR count). The molecule has 1 aromatic carbocycles. The minimum Gasteiger partial charge on any atom is -0.309 e. The van der Waals surface area contributed by atoms with Crippen LogP contribution in [0, 0.1) is 12.8 Å². The third-order valence-corrected chi connectivity index (χ3v) is 4.58. The van der Waals surface area contributed by atoms with Crippen molar-refractivity contribution >= 4 is 11.6 Å². The van der Waals surface area contributed by atoms with Gasteiger partial charge in [0.1, 0.15) is 0 Å². The van der Waals surface area contributed by atoms with Crippen molar-refractivity contribution in [3.8, 4) is 5.69 Å². The first-order valence-electron chi connectivity index (χ1n) is 7.15. The second-order valence-corrected chi connectivity index (χ2v) is 6.07. The first-order chi connectivity index (χ1) is 10.1. The van der Waals surface area contributed by atoms with Gasteiger partial charge in [-0.05, 0) is 43.4 Å². The van der Waals surface area contributed by atoms with E-state index in [1.54, 1.807) is 24.5 Å². The second kappa shape index (κ2) is 5.53. The Kier molecular flexibility index (Phi) is 3.72. The number of hydrogen-bond donors (Lipinski definition) is 0. The van der Waals surface area contributed by atoms with E-state index in [1.165, 1.54) is 15.6 Å². The molecule has 21 heavy (non-hydrogen) atoms. The number of aryl methyl sites for hydroxylation is 1. The van der Waals surface area contributed by atoms with E-state index in [9.17, 15) is 9.59 Å². The van der Waals surface area contributed by atoms with Crippen LogP contribution in [0.15, 0.2) is 40.2 Å². The van der Waals surface area contributed by atoms with Gasteiger partial charge in [-0.1, -0.05) is 24.1 Å². The quantitative estimate of drug-likeness (QED) is 0.818. The fraction of sp³-hybridized carbons (Fsp3) is 0.375. The van der Waals surface area contributed by atoms with Crippen LogP contribution in [0.1, 0.15) is 24.8 Å². The molecule has 0 N–H and O–H groups in total. The first kappa shape index (κ1) is 14.1. The van der Waals surface area contributed by atoms with E-state index in [-0.39, 0.29) is 0 Å². The fourth-order valence-electron chi connectivity index (χ4n) is 2.54. The lowest BCUT2D eigenvalue weighted by Crippen LogP contribution is -2.41. The number of aromatic nitrogens is 2. The van der Waals surface area contributed by atoms with E-state index in [1.807, 2.05) is 13.0 Å². The summed E-state index contributed by atoms with van der Waals surface area (Å²) in [7, 11) is 0. The van der Waals surface area contributed by atoms with Crippen molar-refractivity contribution in [2.45, 2.75) is 32.7 Å². The largest absolute Gasteiger partial charge is 0.320 e. The molecule has 5 heteroatoms. The van der Waals surface area contributed by atoms with Gasteiger partial charge in [0.05, 0.1) is 5.69 Å². The first-order valence-corrected chi connectivity index (χ1v) is 7.52. The standard InChI is InChI=1S/C16H17ClN2O2/c1-11-5-6-13(9-14(11)17)19-8-7-18(15(20)16(19)21)10-12-3-2-4-12/h5-9,12H,2-4,10H2,1H3. The predicted molar refractivity (Wildman–Crippen MR) is 83.4 cm³/mol. The number of hydrogen-bond acceptors (Lipinski definition) is 2. The van der Waals surface area contributed by atoms with Gasteiger partial charge in [-0.3, -0.25) is 14.2 Å². The van der Waals surface area contributed by atoms with Crippen LogP contribution < -0.4 is 11.1 Å². The van der Waals surface area contributed by atoms with Gasteiger partial charge in [-0.2, -0.15) is 0 Å². The molecule has 1 saturated carbocycles. The van der Waals surface area contributed by atoms with Gasteiger partial charge in [0.25, 0.3) is 0 Å². The Morgan fingerprint density at radius 2 is 1.95 bits per heavy atom. The van der Waals surface area contributed by atoms with Crippen molar-refractivity contribution in [1.82, 2.24) is 9.13 Å². The monoisotopic (exact) mass is 304 g/mol. The van der Waals surface area contributed by atoms with Crippen LogP contribution in [0.25, 0.3) is 5.69 Å². The maximum Gasteiger partial charge on any atom is 0.320 e. The smallest absolute Gasteiger partial charge is 0.309 e. The Labute approximate surface area is 127 Å². The van der Waals surface area contributed by atoms with Gasteiger partial charge in [0.15, 0.2) is 0 Å². The van der Waals surface area contributed by atoms with E-state index >= 15 is 0 Å². The highest BCUT2D eigenvalue weighted by Gasteiger charge is 2.19. The molecule has 1 heterocycles. The molecule has 0 spiro atoms. The minimum absolute atomic E-state index is 0.471. The molecule has 0 unspecified atom stereocenters. The summed E-state index contributed by atoms with van der Waals surface area (Å²) in [4.78, 5) is 24.4. The summed E-state index contributed by atoms with van der Waals surface area (Å²) in [6.07, 6.45) is 6.84. The zero-order valence-corrected chi connectivity index (χ0v) is 12.6. The van der Waals surface area contributed by atoms with Gasteiger partial charge in [-0.15, -0.1) is 0 Å². The van der Waals surface area contributed by atoms with Crippen molar-refractivity contribution in [3.63, 3.8) is 0 Å². The topological polar surface area (TPSA) is 44.0 Å². The van der Waals surface area contributed by atoms with Crippen LogP contribution in [0.3, 0.4) is 0 Å². The van der Waals surface area contributed by atoms with Crippen molar-refractivity contribution in [2.75, 3.05) is 0 Å². The third kappa shape index (κ3) is 2.68. The molecule has 0 aliphatic heterocycles. The van der Waals surface area contributed by atoms with Gasteiger partial charge >= 0.3 is 11.1 Å². The normalized spacial score (nSPS) is 15.0. The van der Waals surface area contributed by atoms with E-state index in [0.29, 0.717) is 23.2 Å². The highest BCUT2D eigenvalue weighted by Crippen LogP contribution is 2.27. The molecule has 0 amide bonds. The van der Waals surface area contributed by atoms with Gasteiger partial charge in [0.2, 0.25) is 0 Å². The van der Waals surface area contributed by atoms with Gasteiger partial charge in [0, 0.05) is 24.0 Å². The molecule has 1 fully saturated rings. The van der Waals surface area contributed by atoms with Crippen molar-refractivity contribution < 1.29 is 0 Å². The number of nitrogens with zero attached hydrogens (tertiary/aromatic N) is 2. The van der Waals surface area contributed by atoms with E-state index in [4.69, 9.17) is 11.6 Å². The molecule has 0 radical (unpaired) electrons. The fourth-order valence-corrected chi connectivity index (χ4v) is 2.72. The maximum absolute atomic E-state index is 12.3. The number of rotatable bonds is 3. The Hall–Kier alpha value is -1.81. The van der Waals surface area contributed by atoms with Gasteiger partial charge < -0.3 is 4.57 Å². The average molecular weight is 305 g/mol. The van der Waals surface area contributed by atoms with Crippen molar-refractivity contribution in [2.24, 2.45) is 5.92 Å². The van der Waals surface area contributed by atoms with E-state index < -0.39 is 11.1 Å². The summed E-state index contributed by atoms with van der Waals surface area (Å²) in [6, 6.07) is 5.33.